The third-order valence-electron chi connectivity index (χ3n) is 5.01. The number of nitrogens with one attached hydrogen (secondary N) is 4. The van der Waals surface area contributed by atoms with Crippen molar-refractivity contribution < 1.29 is 23.7 Å². The van der Waals surface area contributed by atoms with Gasteiger partial charge in [0.25, 0.3) is 5.56 Å². The van der Waals surface area contributed by atoms with E-state index in [9.17, 15) is 14.4 Å². The summed E-state index contributed by atoms with van der Waals surface area (Å²) in [5, 5.41) is 32.3. The molecule has 0 aliphatic rings. The van der Waals surface area contributed by atoms with Crippen LogP contribution in [0.5, 0.6) is 0 Å². The smallest absolute Gasteiger partial charge is 0.411 e. The summed E-state index contributed by atoms with van der Waals surface area (Å²) in [6.45, 7) is 2.59. The van der Waals surface area contributed by atoms with Gasteiger partial charge >= 0.3 is 6.09 Å². The highest BCUT2D eigenvalue weighted by Gasteiger charge is 2.22. The lowest BCUT2D eigenvalue weighted by atomic mass is 10.2. The first-order valence-corrected chi connectivity index (χ1v) is 10.7. The van der Waals surface area contributed by atoms with Gasteiger partial charge < -0.3 is 24.8 Å². The van der Waals surface area contributed by atoms with Gasteiger partial charge in [-0.05, 0) is 19.4 Å². The van der Waals surface area contributed by atoms with Crippen molar-refractivity contribution in [1.29, 1.82) is 0 Å². The number of carbonyl (C=O) groups excluding carboxylic acids is 1. The van der Waals surface area contributed by atoms with E-state index in [0.717, 1.165) is 5.39 Å². The number of aryl methyl sites for hydroxylation is 2. The molecular formula is C21H22N8O6. The van der Waals surface area contributed by atoms with Crippen LogP contribution in [0.15, 0.2) is 38.1 Å². The van der Waals surface area contributed by atoms with Gasteiger partial charge in [-0.3, -0.25) is 14.9 Å². The average Bonchev–Trinajstić information content (AvgIpc) is 3.44. The highest BCUT2D eigenvalue weighted by molar-refractivity contribution is 5.90. The number of aromatic nitrogens is 5. The quantitative estimate of drug-likeness (QED) is 0.207. The van der Waals surface area contributed by atoms with Gasteiger partial charge in [-0.25, -0.2) is 9.89 Å². The third kappa shape index (κ3) is 5.61. The molecule has 0 atom stereocenters. The SMILES string of the molecule is Cc1noc(NC(=O)O)c1-c1noc(CCC(=O)NCCCNc2n[nH]c(=O)c3ccccc23)n1. The summed E-state index contributed by atoms with van der Waals surface area (Å²) in [5.41, 5.74) is 0.405. The fraction of sp³-hybridized carbons (Fsp3) is 0.286. The Morgan fingerprint density at radius 3 is 2.71 bits per heavy atom. The Kier molecular flexibility index (Phi) is 6.99. The van der Waals surface area contributed by atoms with E-state index in [2.05, 4.69) is 41.4 Å². The largest absolute Gasteiger partial charge is 0.465 e. The second-order valence-electron chi connectivity index (χ2n) is 7.49. The van der Waals surface area contributed by atoms with Crippen molar-refractivity contribution in [3.05, 3.63) is 46.2 Å². The van der Waals surface area contributed by atoms with Crippen molar-refractivity contribution in [1.82, 2.24) is 30.8 Å². The maximum atomic E-state index is 12.2. The number of aromatic amines is 1. The molecule has 3 aromatic heterocycles. The van der Waals surface area contributed by atoms with Gasteiger partial charge in [0.2, 0.25) is 23.5 Å². The summed E-state index contributed by atoms with van der Waals surface area (Å²) in [6, 6.07) is 7.17. The molecule has 182 valence electrons. The first kappa shape index (κ1) is 23.4. The molecule has 0 aliphatic carbocycles. The van der Waals surface area contributed by atoms with Gasteiger partial charge in [-0.15, -0.1) is 0 Å². The molecule has 0 aliphatic heterocycles. The fourth-order valence-electron chi connectivity index (χ4n) is 3.35. The molecule has 0 saturated carbocycles. The van der Waals surface area contributed by atoms with Crippen LogP contribution in [0.4, 0.5) is 16.5 Å². The highest BCUT2D eigenvalue weighted by atomic mass is 16.5. The molecular weight excluding hydrogens is 460 g/mol. The normalized spacial score (nSPS) is 10.9. The molecule has 4 rings (SSSR count). The molecule has 0 fully saturated rings. The number of nitrogens with zero attached hydrogens (tertiary/aromatic N) is 4. The second kappa shape index (κ2) is 10.5. The monoisotopic (exact) mass is 482 g/mol. The minimum atomic E-state index is -1.32. The molecule has 14 nitrogen and oxygen atoms in total. The highest BCUT2D eigenvalue weighted by Crippen LogP contribution is 2.29. The molecule has 1 aromatic carbocycles. The minimum Gasteiger partial charge on any atom is -0.465 e. The molecule has 0 spiro atoms. The van der Waals surface area contributed by atoms with Crippen LogP contribution in [0.1, 0.15) is 24.4 Å². The lowest BCUT2D eigenvalue weighted by molar-refractivity contribution is -0.121. The summed E-state index contributed by atoms with van der Waals surface area (Å²) in [5.74, 6) is 0.598. The van der Waals surface area contributed by atoms with E-state index < -0.39 is 6.09 Å². The Morgan fingerprint density at radius 1 is 1.11 bits per heavy atom. The predicted octanol–water partition coefficient (Wildman–Crippen LogP) is 1.91. The standard InChI is InChI=1S/C21H22N8O6/c1-11-16(20(35-28-11)25-21(32)33)18-24-15(34-29-18)8-7-14(30)22-9-4-10-23-17-12-5-2-3-6-13(12)19(31)27-26-17/h2-3,5-6,25H,4,7-10H2,1H3,(H,22,30)(H,23,26)(H,27,31)(H,32,33). The summed E-state index contributed by atoms with van der Waals surface area (Å²) >= 11 is 0. The topological polar surface area (TPSA) is 201 Å². The maximum absolute atomic E-state index is 12.2. The Labute approximate surface area is 197 Å². The Bertz CT molecular complexity index is 1410. The molecule has 3 heterocycles. The molecule has 0 saturated heterocycles. The van der Waals surface area contributed by atoms with Gasteiger partial charge in [0.05, 0.1) is 11.1 Å². The summed E-state index contributed by atoms with van der Waals surface area (Å²) in [6.07, 6.45) is -0.348. The lowest BCUT2D eigenvalue weighted by Gasteiger charge is -2.08. The zero-order valence-corrected chi connectivity index (χ0v) is 18.6. The van der Waals surface area contributed by atoms with Gasteiger partial charge in [-0.1, -0.05) is 28.5 Å². The molecule has 35 heavy (non-hydrogen) atoms. The van der Waals surface area contributed by atoms with Gasteiger partial charge in [0.15, 0.2) is 5.82 Å². The van der Waals surface area contributed by atoms with E-state index in [0.29, 0.717) is 36.4 Å². The fourth-order valence-corrected chi connectivity index (χ4v) is 3.35. The van der Waals surface area contributed by atoms with Gasteiger partial charge in [0.1, 0.15) is 5.56 Å². The van der Waals surface area contributed by atoms with E-state index in [1.54, 1.807) is 19.1 Å². The Morgan fingerprint density at radius 2 is 1.91 bits per heavy atom. The molecule has 2 amide bonds. The molecule has 4 aromatic rings. The zero-order chi connectivity index (χ0) is 24.8. The summed E-state index contributed by atoms with van der Waals surface area (Å²) in [7, 11) is 0. The maximum Gasteiger partial charge on any atom is 0.411 e. The van der Waals surface area contributed by atoms with Crippen molar-refractivity contribution in [2.24, 2.45) is 0 Å². The van der Waals surface area contributed by atoms with Crippen LogP contribution in [0.2, 0.25) is 0 Å². The first-order valence-electron chi connectivity index (χ1n) is 10.7. The van der Waals surface area contributed by atoms with E-state index in [4.69, 9.17) is 14.2 Å². The number of amides is 2. The number of fused-ring (bicyclic) bond motifs is 1. The molecule has 14 heteroatoms. The number of hydrogen-bond acceptors (Lipinski definition) is 10. The van der Waals surface area contributed by atoms with Crippen molar-refractivity contribution >= 4 is 34.5 Å². The lowest BCUT2D eigenvalue weighted by Crippen LogP contribution is -2.26. The zero-order valence-electron chi connectivity index (χ0n) is 18.6. The second-order valence-corrected chi connectivity index (χ2v) is 7.49. The van der Waals surface area contributed by atoms with Crippen LogP contribution < -0.4 is 21.5 Å². The van der Waals surface area contributed by atoms with Crippen molar-refractivity contribution in [2.45, 2.75) is 26.2 Å². The van der Waals surface area contributed by atoms with E-state index in [1.165, 1.54) is 0 Å². The number of H-pyrrole nitrogens is 1. The van der Waals surface area contributed by atoms with Crippen LogP contribution in [0.3, 0.4) is 0 Å². The van der Waals surface area contributed by atoms with Crippen LogP contribution in [0, 0.1) is 6.92 Å². The van der Waals surface area contributed by atoms with E-state index in [1.807, 2.05) is 12.1 Å². The number of carboxylic acid groups (broad SMARTS) is 1. The Balaban J connectivity index is 1.22. The number of anilines is 2. The van der Waals surface area contributed by atoms with Crippen LogP contribution in [-0.4, -0.2) is 55.7 Å². The number of carbonyl (C=O) groups is 2. The number of rotatable bonds is 10. The first-order chi connectivity index (χ1) is 16.9. The minimum absolute atomic E-state index is 0.109. The van der Waals surface area contributed by atoms with Crippen molar-refractivity contribution in [3.8, 4) is 11.4 Å². The van der Waals surface area contributed by atoms with Gasteiger partial charge in [0, 0.05) is 31.3 Å². The molecule has 0 unspecified atom stereocenters. The average molecular weight is 482 g/mol. The van der Waals surface area contributed by atoms with Crippen LogP contribution in [0.25, 0.3) is 22.2 Å². The van der Waals surface area contributed by atoms with Gasteiger partial charge in [-0.2, -0.15) is 10.1 Å². The van der Waals surface area contributed by atoms with E-state index >= 15 is 0 Å². The van der Waals surface area contributed by atoms with Crippen molar-refractivity contribution in [3.63, 3.8) is 0 Å². The predicted molar refractivity (Wildman–Crippen MR) is 123 cm³/mol. The van der Waals surface area contributed by atoms with Crippen molar-refractivity contribution in [2.75, 3.05) is 23.7 Å². The molecule has 5 N–H and O–H groups in total. The van der Waals surface area contributed by atoms with Crippen LogP contribution >= 0.6 is 0 Å². The third-order valence-corrected chi connectivity index (χ3v) is 5.01. The number of hydrogen-bond donors (Lipinski definition) is 5. The Hall–Kier alpha value is -4.75. The summed E-state index contributed by atoms with van der Waals surface area (Å²) in [4.78, 5) is 39.1. The summed E-state index contributed by atoms with van der Waals surface area (Å²) < 4.78 is 10.1. The molecule has 0 bridgehead atoms. The number of benzene rings is 1. The molecule has 0 radical (unpaired) electrons. The van der Waals surface area contributed by atoms with Crippen LogP contribution in [-0.2, 0) is 11.2 Å². The van der Waals surface area contributed by atoms with E-state index in [-0.39, 0.29) is 47.5 Å².